The van der Waals surface area contributed by atoms with Crippen LogP contribution in [0.25, 0.3) is 0 Å². The van der Waals surface area contributed by atoms with Crippen LogP contribution in [0.3, 0.4) is 0 Å². The summed E-state index contributed by atoms with van der Waals surface area (Å²) in [5.41, 5.74) is 1.46. The number of Topliss-reactive ketones (excluding diaryl/α,β-unsaturated/α-hetero) is 1. The number of rotatable bonds is 4. The molecule has 1 N–H and O–H groups in total. The number of ether oxygens (including phenoxy) is 1. The molecule has 0 amide bonds. The van der Waals surface area contributed by atoms with Crippen molar-refractivity contribution in [1.82, 2.24) is 5.32 Å². The highest BCUT2D eigenvalue weighted by Gasteiger charge is 2.30. The predicted octanol–water partition coefficient (Wildman–Crippen LogP) is 3.05. The fourth-order valence-corrected chi connectivity index (χ4v) is 3.60. The zero-order valence-corrected chi connectivity index (χ0v) is 12.8. The highest BCUT2D eigenvalue weighted by molar-refractivity contribution is 5.86. The molecular formula is C18H25NO2. The molecule has 0 bridgehead atoms. The van der Waals surface area contributed by atoms with Gasteiger partial charge in [0.25, 0.3) is 0 Å². The number of hydrogen-bond donors (Lipinski definition) is 1. The molecule has 0 radical (unpaired) electrons. The van der Waals surface area contributed by atoms with Crippen LogP contribution in [-0.4, -0.2) is 30.6 Å². The monoisotopic (exact) mass is 287 g/mol. The highest BCUT2D eigenvalue weighted by Crippen LogP contribution is 2.33. The van der Waals surface area contributed by atoms with E-state index in [0.29, 0.717) is 36.9 Å². The average Bonchev–Trinajstić information content (AvgIpc) is 2.84. The third-order valence-electron chi connectivity index (χ3n) is 4.83. The van der Waals surface area contributed by atoms with E-state index >= 15 is 0 Å². The van der Waals surface area contributed by atoms with Crippen LogP contribution in [-0.2, 0) is 9.53 Å². The Bertz CT molecular complexity index is 465. The van der Waals surface area contributed by atoms with Crippen LogP contribution in [0.1, 0.15) is 50.5 Å². The Labute approximate surface area is 127 Å². The van der Waals surface area contributed by atoms with Gasteiger partial charge in [0.15, 0.2) is 5.78 Å². The van der Waals surface area contributed by atoms with E-state index in [4.69, 9.17) is 4.74 Å². The minimum absolute atomic E-state index is 0.0770. The van der Waals surface area contributed by atoms with Crippen LogP contribution in [0.4, 0.5) is 0 Å². The Balaban J connectivity index is 1.43. The van der Waals surface area contributed by atoms with E-state index in [1.807, 2.05) is 0 Å². The fourth-order valence-electron chi connectivity index (χ4n) is 3.60. The van der Waals surface area contributed by atoms with E-state index in [1.54, 1.807) is 0 Å². The Kier molecular flexibility index (Phi) is 4.71. The molecule has 1 saturated carbocycles. The Morgan fingerprint density at radius 3 is 2.48 bits per heavy atom. The van der Waals surface area contributed by atoms with E-state index in [1.165, 1.54) is 18.4 Å². The molecule has 1 heterocycles. The van der Waals surface area contributed by atoms with Crippen molar-refractivity contribution in [2.45, 2.75) is 63.1 Å². The molecule has 3 rings (SSSR count). The van der Waals surface area contributed by atoms with Gasteiger partial charge in [0.1, 0.15) is 0 Å². The van der Waals surface area contributed by atoms with Gasteiger partial charge in [-0.2, -0.15) is 0 Å². The summed E-state index contributed by atoms with van der Waals surface area (Å²) in [5, 5.41) is 3.30. The quantitative estimate of drug-likeness (QED) is 0.925. The lowest BCUT2D eigenvalue weighted by Gasteiger charge is -2.29. The van der Waals surface area contributed by atoms with E-state index in [9.17, 15) is 4.79 Å². The molecule has 2 fully saturated rings. The van der Waals surface area contributed by atoms with Crippen molar-refractivity contribution in [3.63, 3.8) is 0 Å². The molecule has 1 aliphatic heterocycles. The first-order chi connectivity index (χ1) is 10.2. The van der Waals surface area contributed by atoms with Gasteiger partial charge in [0.05, 0.1) is 18.8 Å². The summed E-state index contributed by atoms with van der Waals surface area (Å²) >= 11 is 0. The van der Waals surface area contributed by atoms with Crippen molar-refractivity contribution in [1.29, 1.82) is 0 Å². The van der Waals surface area contributed by atoms with Crippen molar-refractivity contribution in [3.05, 3.63) is 35.9 Å². The molecule has 1 aliphatic carbocycles. The van der Waals surface area contributed by atoms with Gasteiger partial charge >= 0.3 is 0 Å². The molecule has 2 atom stereocenters. The van der Waals surface area contributed by atoms with E-state index in [0.717, 1.165) is 12.8 Å². The number of hydrogen-bond acceptors (Lipinski definition) is 3. The molecule has 3 nitrogen and oxygen atoms in total. The van der Waals surface area contributed by atoms with Gasteiger partial charge in [0, 0.05) is 12.5 Å². The molecule has 1 aromatic carbocycles. The lowest BCUT2D eigenvalue weighted by molar-refractivity contribution is -0.120. The maximum Gasteiger partial charge on any atom is 0.153 e. The lowest BCUT2D eigenvalue weighted by Crippen LogP contribution is -2.36. The number of ketones is 1. The second-order valence-electron chi connectivity index (χ2n) is 6.51. The summed E-state index contributed by atoms with van der Waals surface area (Å²) in [6, 6.07) is 11.0. The number of carbonyl (C=O) groups is 1. The molecule has 1 aromatic rings. The third-order valence-corrected chi connectivity index (χ3v) is 4.83. The second-order valence-corrected chi connectivity index (χ2v) is 6.51. The van der Waals surface area contributed by atoms with Crippen molar-refractivity contribution in [2.75, 3.05) is 6.61 Å². The molecule has 2 aliphatic rings. The van der Waals surface area contributed by atoms with Crippen molar-refractivity contribution in [3.8, 4) is 0 Å². The molecule has 2 unspecified atom stereocenters. The smallest absolute Gasteiger partial charge is 0.153 e. The van der Waals surface area contributed by atoms with Crippen LogP contribution in [0.15, 0.2) is 30.3 Å². The summed E-state index contributed by atoms with van der Waals surface area (Å²) in [6.45, 7) is 2.60. The fraction of sp³-hybridized carbons (Fsp3) is 0.611. The minimum Gasteiger partial charge on any atom is -0.376 e. The zero-order valence-electron chi connectivity index (χ0n) is 12.8. The zero-order chi connectivity index (χ0) is 14.7. The molecule has 1 saturated heterocycles. The highest BCUT2D eigenvalue weighted by atomic mass is 16.5. The van der Waals surface area contributed by atoms with Crippen molar-refractivity contribution < 1.29 is 9.53 Å². The van der Waals surface area contributed by atoms with E-state index in [-0.39, 0.29) is 6.04 Å². The van der Waals surface area contributed by atoms with Gasteiger partial charge in [-0.25, -0.2) is 0 Å². The SMILES string of the molecule is CC1CC(=O)C(CO[C@H]2CC[C@@H](c3ccccc3)CC2)N1. The Morgan fingerprint density at radius 2 is 1.86 bits per heavy atom. The second kappa shape index (κ2) is 6.71. The summed E-state index contributed by atoms with van der Waals surface area (Å²) in [4.78, 5) is 11.8. The molecule has 3 heteroatoms. The Morgan fingerprint density at radius 1 is 1.14 bits per heavy atom. The van der Waals surface area contributed by atoms with E-state index < -0.39 is 0 Å². The van der Waals surface area contributed by atoms with Gasteiger partial charge in [-0.3, -0.25) is 4.79 Å². The van der Waals surface area contributed by atoms with Crippen LogP contribution in [0, 0.1) is 0 Å². The normalized spacial score (nSPS) is 33.3. The Hall–Kier alpha value is -1.19. The standard InChI is InChI=1S/C18H25NO2/c1-13-11-18(20)17(19-13)12-21-16-9-7-15(8-10-16)14-5-3-2-4-6-14/h2-6,13,15-17,19H,7-12H2,1H3/t13?,15-,16+,17?. The average molecular weight is 287 g/mol. The third kappa shape index (κ3) is 3.72. The van der Waals surface area contributed by atoms with Gasteiger partial charge in [-0.1, -0.05) is 30.3 Å². The molecule has 0 aromatic heterocycles. The van der Waals surface area contributed by atoms with Crippen LogP contribution < -0.4 is 5.32 Å². The number of carbonyl (C=O) groups excluding carboxylic acids is 1. The molecular weight excluding hydrogens is 262 g/mol. The van der Waals surface area contributed by atoms with E-state index in [2.05, 4.69) is 42.6 Å². The maximum atomic E-state index is 11.8. The van der Waals surface area contributed by atoms with Gasteiger partial charge < -0.3 is 10.1 Å². The topological polar surface area (TPSA) is 38.3 Å². The first-order valence-electron chi connectivity index (χ1n) is 8.17. The molecule has 0 spiro atoms. The van der Waals surface area contributed by atoms with Crippen LogP contribution in [0.5, 0.6) is 0 Å². The number of nitrogens with one attached hydrogen (secondary N) is 1. The summed E-state index contributed by atoms with van der Waals surface area (Å²) in [5.74, 6) is 0.984. The van der Waals surface area contributed by atoms with Crippen molar-refractivity contribution in [2.24, 2.45) is 0 Å². The predicted molar refractivity (Wildman–Crippen MR) is 83.4 cm³/mol. The van der Waals surface area contributed by atoms with Gasteiger partial charge in [-0.05, 0) is 44.1 Å². The maximum absolute atomic E-state index is 11.8. The summed E-state index contributed by atoms with van der Waals surface area (Å²) in [6.07, 6.45) is 5.57. The van der Waals surface area contributed by atoms with Gasteiger partial charge in [0.2, 0.25) is 0 Å². The summed E-state index contributed by atoms with van der Waals surface area (Å²) < 4.78 is 5.99. The van der Waals surface area contributed by atoms with Gasteiger partial charge in [-0.15, -0.1) is 0 Å². The van der Waals surface area contributed by atoms with Crippen molar-refractivity contribution >= 4 is 5.78 Å². The first-order valence-corrected chi connectivity index (χ1v) is 8.17. The largest absolute Gasteiger partial charge is 0.376 e. The minimum atomic E-state index is -0.0770. The lowest BCUT2D eigenvalue weighted by atomic mass is 9.83. The molecule has 114 valence electrons. The van der Waals surface area contributed by atoms with Crippen LogP contribution in [0.2, 0.25) is 0 Å². The van der Waals surface area contributed by atoms with Crippen LogP contribution >= 0.6 is 0 Å². The molecule has 21 heavy (non-hydrogen) atoms. The number of benzene rings is 1. The summed E-state index contributed by atoms with van der Waals surface area (Å²) in [7, 11) is 0. The first kappa shape index (κ1) is 14.7.